The first kappa shape index (κ1) is 22.0. The summed E-state index contributed by atoms with van der Waals surface area (Å²) in [6, 6.07) is 9.47. The molecular weight excluding hydrogens is 408 g/mol. The minimum absolute atomic E-state index is 0.299. The number of hydrogen-bond acceptors (Lipinski definition) is 5. The molecule has 170 valence electrons. The number of carbonyl (C=O) groups excluding carboxylic acids is 3. The monoisotopic (exact) mass is 438 g/mol. The SMILES string of the molecule is Cc1nn(C)cc1CN1CCC2(CC1)C(=O)N(CC(N)=O)C(=O)N2CCc1ccccc1. The average molecular weight is 439 g/mol. The molecule has 2 fully saturated rings. The molecule has 0 aliphatic carbocycles. The van der Waals surface area contributed by atoms with Crippen molar-refractivity contribution in [2.75, 3.05) is 26.2 Å². The zero-order valence-corrected chi connectivity index (χ0v) is 18.7. The second-order valence-electron chi connectivity index (χ2n) is 8.75. The van der Waals surface area contributed by atoms with Crippen LogP contribution >= 0.6 is 0 Å². The van der Waals surface area contributed by atoms with Gasteiger partial charge in [-0.15, -0.1) is 0 Å². The molecule has 0 unspecified atom stereocenters. The van der Waals surface area contributed by atoms with Gasteiger partial charge in [0.1, 0.15) is 12.1 Å². The molecule has 1 spiro atoms. The van der Waals surface area contributed by atoms with Gasteiger partial charge < -0.3 is 10.6 Å². The summed E-state index contributed by atoms with van der Waals surface area (Å²) in [4.78, 5) is 43.1. The molecule has 0 radical (unpaired) electrons. The van der Waals surface area contributed by atoms with Gasteiger partial charge in [0.15, 0.2) is 0 Å². The van der Waals surface area contributed by atoms with Gasteiger partial charge >= 0.3 is 6.03 Å². The number of nitrogens with two attached hydrogens (primary N) is 1. The highest BCUT2D eigenvalue weighted by molar-refractivity contribution is 6.09. The number of aryl methyl sites for hydroxylation is 2. The number of piperidine rings is 1. The van der Waals surface area contributed by atoms with Crippen LogP contribution in [0.1, 0.15) is 29.7 Å². The molecule has 32 heavy (non-hydrogen) atoms. The molecule has 4 amide bonds. The third-order valence-corrected chi connectivity index (χ3v) is 6.59. The Bertz CT molecular complexity index is 1010. The van der Waals surface area contributed by atoms with E-state index in [1.165, 1.54) is 0 Å². The van der Waals surface area contributed by atoms with Crippen molar-refractivity contribution in [2.45, 2.75) is 38.3 Å². The van der Waals surface area contributed by atoms with E-state index in [4.69, 9.17) is 5.73 Å². The Kier molecular flexibility index (Phi) is 6.01. The Morgan fingerprint density at radius 2 is 1.84 bits per heavy atom. The smallest absolute Gasteiger partial charge is 0.328 e. The summed E-state index contributed by atoms with van der Waals surface area (Å²) in [7, 11) is 1.91. The van der Waals surface area contributed by atoms with Gasteiger partial charge in [0.2, 0.25) is 5.91 Å². The first-order valence-corrected chi connectivity index (χ1v) is 11.0. The van der Waals surface area contributed by atoms with E-state index in [1.54, 1.807) is 4.90 Å². The van der Waals surface area contributed by atoms with Crippen molar-refractivity contribution in [3.8, 4) is 0 Å². The maximum Gasteiger partial charge on any atom is 0.328 e. The maximum atomic E-state index is 13.4. The number of rotatable bonds is 7. The minimum atomic E-state index is -0.915. The van der Waals surface area contributed by atoms with Gasteiger partial charge in [-0.05, 0) is 31.7 Å². The number of imide groups is 1. The number of urea groups is 1. The fourth-order valence-corrected chi connectivity index (χ4v) is 4.88. The molecule has 0 saturated carbocycles. The molecule has 0 bridgehead atoms. The molecule has 9 nitrogen and oxygen atoms in total. The van der Waals surface area contributed by atoms with E-state index >= 15 is 0 Å². The van der Waals surface area contributed by atoms with E-state index in [9.17, 15) is 14.4 Å². The Morgan fingerprint density at radius 3 is 2.44 bits per heavy atom. The summed E-state index contributed by atoms with van der Waals surface area (Å²) in [5, 5.41) is 4.40. The number of benzene rings is 1. The van der Waals surface area contributed by atoms with E-state index in [-0.39, 0.29) is 12.5 Å². The second kappa shape index (κ2) is 8.74. The van der Waals surface area contributed by atoms with Crippen molar-refractivity contribution >= 4 is 17.8 Å². The van der Waals surface area contributed by atoms with Crippen LogP contribution in [0.5, 0.6) is 0 Å². The predicted molar refractivity (Wildman–Crippen MR) is 118 cm³/mol. The molecule has 1 aromatic carbocycles. The van der Waals surface area contributed by atoms with Gasteiger partial charge in [0, 0.05) is 45.0 Å². The summed E-state index contributed by atoms with van der Waals surface area (Å²) in [5.41, 5.74) is 7.67. The van der Waals surface area contributed by atoms with E-state index in [0.29, 0.717) is 38.9 Å². The van der Waals surface area contributed by atoms with Gasteiger partial charge in [0.05, 0.1) is 5.69 Å². The number of nitrogens with zero attached hydrogens (tertiary/aromatic N) is 5. The zero-order valence-electron chi connectivity index (χ0n) is 18.7. The van der Waals surface area contributed by atoms with E-state index in [0.717, 1.165) is 28.3 Å². The highest BCUT2D eigenvalue weighted by Gasteiger charge is 2.57. The molecule has 0 atom stereocenters. The first-order chi connectivity index (χ1) is 15.3. The molecule has 9 heteroatoms. The number of aromatic nitrogens is 2. The van der Waals surface area contributed by atoms with Gasteiger partial charge in [0.25, 0.3) is 5.91 Å². The van der Waals surface area contributed by atoms with Crippen LogP contribution in [0.2, 0.25) is 0 Å². The number of primary amides is 1. The quantitative estimate of drug-likeness (QED) is 0.651. The lowest BCUT2D eigenvalue weighted by molar-refractivity contribution is -0.137. The summed E-state index contributed by atoms with van der Waals surface area (Å²) in [6.45, 7) is 4.16. The Morgan fingerprint density at radius 1 is 1.16 bits per heavy atom. The average Bonchev–Trinajstić information content (AvgIpc) is 3.17. The third kappa shape index (κ3) is 4.12. The van der Waals surface area contributed by atoms with E-state index in [1.807, 2.05) is 55.2 Å². The summed E-state index contributed by atoms with van der Waals surface area (Å²) >= 11 is 0. The highest BCUT2D eigenvalue weighted by Crippen LogP contribution is 2.37. The van der Waals surface area contributed by atoms with Gasteiger partial charge in [-0.2, -0.15) is 5.10 Å². The number of carbonyl (C=O) groups is 3. The maximum absolute atomic E-state index is 13.4. The van der Waals surface area contributed by atoms with E-state index in [2.05, 4.69) is 10.00 Å². The lowest BCUT2D eigenvalue weighted by Crippen LogP contribution is -2.56. The number of likely N-dealkylation sites (tertiary alicyclic amines) is 1. The van der Waals surface area contributed by atoms with Crippen LogP contribution in [0, 0.1) is 6.92 Å². The van der Waals surface area contributed by atoms with Crippen molar-refractivity contribution in [3.05, 3.63) is 53.3 Å². The Hall–Kier alpha value is -3.20. The van der Waals surface area contributed by atoms with Crippen LogP contribution in [0.15, 0.2) is 36.5 Å². The van der Waals surface area contributed by atoms with E-state index < -0.39 is 17.5 Å². The van der Waals surface area contributed by atoms with Gasteiger partial charge in [-0.25, -0.2) is 4.79 Å². The standard InChI is InChI=1S/C23H30N6O3/c1-17-19(14-26(2)25-17)15-27-12-9-23(10-13-27)21(31)28(16-20(24)30)22(32)29(23)11-8-18-6-4-3-5-7-18/h3-7,14H,8-13,15-16H2,1-2H3,(H2,24,30). The van der Waals surface area contributed by atoms with Crippen LogP contribution in [-0.2, 0) is 29.6 Å². The fraction of sp³-hybridized carbons (Fsp3) is 0.478. The molecule has 2 aliphatic heterocycles. The van der Waals surface area contributed by atoms with Crippen molar-refractivity contribution in [1.29, 1.82) is 0 Å². The van der Waals surface area contributed by atoms with Crippen LogP contribution in [0.4, 0.5) is 4.79 Å². The summed E-state index contributed by atoms with van der Waals surface area (Å²) in [6.07, 6.45) is 3.72. The molecular formula is C23H30N6O3. The molecule has 3 heterocycles. The molecule has 1 aromatic heterocycles. The fourth-order valence-electron chi connectivity index (χ4n) is 4.88. The predicted octanol–water partition coefficient (Wildman–Crippen LogP) is 1.06. The summed E-state index contributed by atoms with van der Waals surface area (Å²) in [5.74, 6) is -0.984. The minimum Gasteiger partial charge on any atom is -0.368 e. The number of amides is 4. The first-order valence-electron chi connectivity index (χ1n) is 11.0. The largest absolute Gasteiger partial charge is 0.368 e. The molecule has 2 aliphatic rings. The molecule has 2 N–H and O–H groups in total. The van der Waals surface area contributed by atoms with Crippen LogP contribution in [0.25, 0.3) is 0 Å². The Balaban J connectivity index is 1.51. The van der Waals surface area contributed by atoms with Crippen LogP contribution in [-0.4, -0.2) is 74.0 Å². The molecule has 2 aromatic rings. The Labute approximate surface area is 187 Å². The van der Waals surface area contributed by atoms with Crippen molar-refractivity contribution < 1.29 is 14.4 Å². The topological polar surface area (TPSA) is 105 Å². The summed E-state index contributed by atoms with van der Waals surface area (Å²) < 4.78 is 1.81. The van der Waals surface area contributed by atoms with Crippen molar-refractivity contribution in [1.82, 2.24) is 24.5 Å². The highest BCUT2D eigenvalue weighted by atomic mass is 16.2. The van der Waals surface area contributed by atoms with Crippen molar-refractivity contribution in [2.24, 2.45) is 12.8 Å². The third-order valence-electron chi connectivity index (χ3n) is 6.59. The second-order valence-corrected chi connectivity index (χ2v) is 8.75. The van der Waals surface area contributed by atoms with Crippen LogP contribution < -0.4 is 5.73 Å². The normalized spacial score (nSPS) is 18.7. The van der Waals surface area contributed by atoms with Crippen LogP contribution in [0.3, 0.4) is 0 Å². The van der Waals surface area contributed by atoms with Gasteiger partial charge in [-0.1, -0.05) is 30.3 Å². The molecule has 4 rings (SSSR count). The zero-order chi connectivity index (χ0) is 22.9. The lowest BCUT2D eigenvalue weighted by atomic mass is 9.85. The van der Waals surface area contributed by atoms with Crippen molar-refractivity contribution in [3.63, 3.8) is 0 Å². The number of hydrogen-bond donors (Lipinski definition) is 1. The lowest BCUT2D eigenvalue weighted by Gasteiger charge is -2.42. The molecule has 2 saturated heterocycles. The van der Waals surface area contributed by atoms with Gasteiger partial charge in [-0.3, -0.25) is 24.1 Å².